The van der Waals surface area contributed by atoms with Gasteiger partial charge in [-0.2, -0.15) is 0 Å². The summed E-state index contributed by atoms with van der Waals surface area (Å²) in [5, 5.41) is 3.05. The van der Waals surface area contributed by atoms with Crippen LogP contribution in [0.1, 0.15) is 32.6 Å². The highest BCUT2D eigenvalue weighted by Gasteiger charge is 2.25. The maximum Gasteiger partial charge on any atom is 0.224 e. The van der Waals surface area contributed by atoms with Crippen molar-refractivity contribution in [2.24, 2.45) is 5.92 Å². The highest BCUT2D eigenvalue weighted by molar-refractivity contribution is 5.79. The van der Waals surface area contributed by atoms with Crippen molar-refractivity contribution in [3.05, 3.63) is 24.5 Å². The second-order valence-corrected chi connectivity index (χ2v) is 5.14. The summed E-state index contributed by atoms with van der Waals surface area (Å²) in [5.41, 5.74) is 1.17. The molecule has 1 amide bonds. The Labute approximate surface area is 115 Å². The molecule has 0 spiro atoms. The van der Waals surface area contributed by atoms with E-state index in [1.54, 1.807) is 12.4 Å². The first-order chi connectivity index (χ1) is 9.31. The summed E-state index contributed by atoms with van der Waals surface area (Å²) >= 11 is 0. The molecule has 0 unspecified atom stereocenters. The Morgan fingerprint density at radius 2 is 2.26 bits per heavy atom. The van der Waals surface area contributed by atoms with Gasteiger partial charge in [0.25, 0.3) is 0 Å². The fourth-order valence-corrected chi connectivity index (χ4v) is 2.51. The maximum absolute atomic E-state index is 12.1. The van der Waals surface area contributed by atoms with E-state index in [1.807, 2.05) is 12.1 Å². The van der Waals surface area contributed by atoms with Gasteiger partial charge < -0.3 is 10.2 Å². The fourth-order valence-electron chi connectivity index (χ4n) is 2.51. The SMILES string of the molecule is CCCCNC(=O)[C@H]1CCCN(c2ccncc2)C1. The van der Waals surface area contributed by atoms with Crippen LogP contribution in [0.5, 0.6) is 0 Å². The molecule has 0 radical (unpaired) electrons. The summed E-state index contributed by atoms with van der Waals surface area (Å²) in [7, 11) is 0. The summed E-state index contributed by atoms with van der Waals surface area (Å²) in [6.45, 7) is 4.80. The lowest BCUT2D eigenvalue weighted by atomic mass is 9.96. The van der Waals surface area contributed by atoms with E-state index in [2.05, 4.69) is 22.1 Å². The van der Waals surface area contributed by atoms with Gasteiger partial charge in [0.15, 0.2) is 0 Å². The molecular weight excluding hydrogens is 238 g/mol. The second kappa shape index (κ2) is 7.12. The molecule has 1 aromatic rings. The topological polar surface area (TPSA) is 45.2 Å². The zero-order valence-electron chi connectivity index (χ0n) is 11.6. The number of carbonyl (C=O) groups excluding carboxylic acids is 1. The number of unbranched alkanes of at least 4 members (excludes halogenated alkanes) is 1. The molecule has 1 fully saturated rings. The molecule has 0 saturated carbocycles. The minimum absolute atomic E-state index is 0.124. The van der Waals surface area contributed by atoms with Gasteiger partial charge in [-0.1, -0.05) is 13.3 Å². The van der Waals surface area contributed by atoms with Crippen LogP contribution in [0, 0.1) is 5.92 Å². The van der Waals surface area contributed by atoms with Crippen LogP contribution in [-0.2, 0) is 4.79 Å². The molecule has 4 heteroatoms. The number of pyridine rings is 1. The molecule has 0 aromatic carbocycles. The molecular formula is C15H23N3O. The molecule has 1 aliphatic heterocycles. The summed E-state index contributed by atoms with van der Waals surface area (Å²) < 4.78 is 0. The summed E-state index contributed by atoms with van der Waals surface area (Å²) in [4.78, 5) is 18.4. The van der Waals surface area contributed by atoms with Crippen molar-refractivity contribution in [3.63, 3.8) is 0 Å². The number of amides is 1. The Balaban J connectivity index is 1.88. The Morgan fingerprint density at radius 3 is 3.00 bits per heavy atom. The van der Waals surface area contributed by atoms with Gasteiger partial charge in [0.1, 0.15) is 0 Å². The molecule has 1 saturated heterocycles. The maximum atomic E-state index is 12.1. The monoisotopic (exact) mass is 261 g/mol. The number of nitrogens with zero attached hydrogens (tertiary/aromatic N) is 2. The number of hydrogen-bond donors (Lipinski definition) is 1. The van der Waals surface area contributed by atoms with Crippen LogP contribution >= 0.6 is 0 Å². The predicted octanol–water partition coefficient (Wildman–Crippen LogP) is 2.21. The average molecular weight is 261 g/mol. The first-order valence-electron chi connectivity index (χ1n) is 7.24. The van der Waals surface area contributed by atoms with E-state index in [9.17, 15) is 4.79 Å². The zero-order valence-corrected chi connectivity index (χ0v) is 11.6. The minimum atomic E-state index is 0.124. The fraction of sp³-hybridized carbons (Fsp3) is 0.600. The highest BCUT2D eigenvalue weighted by Crippen LogP contribution is 2.22. The molecule has 1 N–H and O–H groups in total. The standard InChI is InChI=1S/C15H23N3O/c1-2-3-8-17-15(19)13-5-4-11-18(12-13)14-6-9-16-10-7-14/h6-7,9-10,13H,2-5,8,11-12H2,1H3,(H,17,19)/t13-/m0/s1. The molecule has 0 bridgehead atoms. The predicted molar refractivity (Wildman–Crippen MR) is 77.1 cm³/mol. The van der Waals surface area contributed by atoms with E-state index in [4.69, 9.17) is 0 Å². The van der Waals surface area contributed by atoms with Crippen LogP contribution in [0.25, 0.3) is 0 Å². The molecule has 104 valence electrons. The molecule has 4 nitrogen and oxygen atoms in total. The van der Waals surface area contributed by atoms with Gasteiger partial charge in [-0.15, -0.1) is 0 Å². The van der Waals surface area contributed by atoms with Crippen LogP contribution in [0.15, 0.2) is 24.5 Å². The quantitative estimate of drug-likeness (QED) is 0.827. The van der Waals surface area contributed by atoms with E-state index in [1.165, 1.54) is 5.69 Å². The zero-order chi connectivity index (χ0) is 13.5. The number of piperidine rings is 1. The summed E-state index contributed by atoms with van der Waals surface area (Å²) in [6, 6.07) is 4.02. The van der Waals surface area contributed by atoms with E-state index < -0.39 is 0 Å². The number of hydrogen-bond acceptors (Lipinski definition) is 3. The number of anilines is 1. The van der Waals surface area contributed by atoms with Crippen molar-refractivity contribution in [2.75, 3.05) is 24.5 Å². The third kappa shape index (κ3) is 3.94. The van der Waals surface area contributed by atoms with E-state index in [0.29, 0.717) is 0 Å². The lowest BCUT2D eigenvalue weighted by Gasteiger charge is -2.33. The van der Waals surface area contributed by atoms with Crippen molar-refractivity contribution >= 4 is 11.6 Å². The summed E-state index contributed by atoms with van der Waals surface area (Å²) in [6.07, 6.45) is 7.87. The number of carbonyl (C=O) groups is 1. The first-order valence-corrected chi connectivity index (χ1v) is 7.24. The van der Waals surface area contributed by atoms with Gasteiger partial charge in [0, 0.05) is 37.7 Å². The number of nitrogens with one attached hydrogen (secondary N) is 1. The van der Waals surface area contributed by atoms with Gasteiger partial charge >= 0.3 is 0 Å². The van der Waals surface area contributed by atoms with Crippen LogP contribution in [0.4, 0.5) is 5.69 Å². The van der Waals surface area contributed by atoms with Crippen LogP contribution < -0.4 is 10.2 Å². The van der Waals surface area contributed by atoms with Crippen molar-refractivity contribution < 1.29 is 4.79 Å². The molecule has 2 heterocycles. The molecule has 1 atom stereocenters. The molecule has 2 rings (SSSR count). The van der Waals surface area contributed by atoms with Crippen LogP contribution in [0.2, 0.25) is 0 Å². The lowest BCUT2D eigenvalue weighted by molar-refractivity contribution is -0.125. The third-order valence-electron chi connectivity index (χ3n) is 3.65. The van der Waals surface area contributed by atoms with Crippen molar-refractivity contribution in [2.45, 2.75) is 32.6 Å². The minimum Gasteiger partial charge on any atom is -0.371 e. The number of rotatable bonds is 5. The Hall–Kier alpha value is -1.58. The Bertz CT molecular complexity index is 394. The van der Waals surface area contributed by atoms with Crippen molar-refractivity contribution in [3.8, 4) is 0 Å². The van der Waals surface area contributed by atoms with Crippen LogP contribution in [-0.4, -0.2) is 30.5 Å². The van der Waals surface area contributed by atoms with E-state index in [-0.39, 0.29) is 11.8 Å². The third-order valence-corrected chi connectivity index (χ3v) is 3.65. The van der Waals surface area contributed by atoms with Gasteiger partial charge in [-0.25, -0.2) is 0 Å². The normalized spacial score (nSPS) is 19.2. The van der Waals surface area contributed by atoms with Gasteiger partial charge in [-0.3, -0.25) is 9.78 Å². The molecule has 19 heavy (non-hydrogen) atoms. The van der Waals surface area contributed by atoms with Crippen LogP contribution in [0.3, 0.4) is 0 Å². The van der Waals surface area contributed by atoms with Gasteiger partial charge in [-0.05, 0) is 31.4 Å². The van der Waals surface area contributed by atoms with Gasteiger partial charge in [0.05, 0.1) is 5.92 Å². The molecule has 1 aliphatic rings. The highest BCUT2D eigenvalue weighted by atomic mass is 16.1. The lowest BCUT2D eigenvalue weighted by Crippen LogP contribution is -2.43. The largest absolute Gasteiger partial charge is 0.371 e. The van der Waals surface area contributed by atoms with Crippen molar-refractivity contribution in [1.29, 1.82) is 0 Å². The van der Waals surface area contributed by atoms with Crippen molar-refractivity contribution in [1.82, 2.24) is 10.3 Å². The Morgan fingerprint density at radius 1 is 1.47 bits per heavy atom. The van der Waals surface area contributed by atoms with Gasteiger partial charge in [0.2, 0.25) is 5.91 Å². The smallest absolute Gasteiger partial charge is 0.224 e. The Kier molecular flexibility index (Phi) is 5.19. The second-order valence-electron chi connectivity index (χ2n) is 5.14. The molecule has 1 aromatic heterocycles. The average Bonchev–Trinajstić information content (AvgIpc) is 2.48. The first kappa shape index (κ1) is 13.8. The number of aromatic nitrogens is 1. The van der Waals surface area contributed by atoms with E-state index >= 15 is 0 Å². The summed E-state index contributed by atoms with van der Waals surface area (Å²) in [5.74, 6) is 0.339. The molecule has 0 aliphatic carbocycles. The van der Waals surface area contributed by atoms with E-state index in [0.717, 1.165) is 45.3 Å².